The van der Waals surface area contributed by atoms with Crippen molar-refractivity contribution in [2.45, 2.75) is 13.0 Å². The Morgan fingerprint density at radius 2 is 1.14 bits per heavy atom. The van der Waals surface area contributed by atoms with Gasteiger partial charge in [0.15, 0.2) is 0 Å². The first kappa shape index (κ1) is 25.2. The van der Waals surface area contributed by atoms with Gasteiger partial charge in [0.05, 0.1) is 25.7 Å². The zero-order valence-electron chi connectivity index (χ0n) is 16.9. The van der Waals surface area contributed by atoms with E-state index in [0.717, 1.165) is 0 Å². The van der Waals surface area contributed by atoms with Gasteiger partial charge in [0.1, 0.15) is 0 Å². The molecule has 1 atom stereocenters. The first-order valence-corrected chi connectivity index (χ1v) is 9.60. The van der Waals surface area contributed by atoms with E-state index >= 15 is 0 Å². The van der Waals surface area contributed by atoms with Crippen LogP contribution in [0.3, 0.4) is 0 Å². The average Bonchev–Trinajstić information content (AvgIpc) is 2.62. The van der Waals surface area contributed by atoms with Crippen LogP contribution in [0.1, 0.15) is 6.92 Å². The summed E-state index contributed by atoms with van der Waals surface area (Å²) in [4.78, 5) is 45.5. The molecule has 0 aromatic rings. The molecule has 0 bridgehead atoms. The number of rotatable bonds is 8. The molecule has 1 aliphatic heterocycles. The second kappa shape index (κ2) is 13.4. The first-order chi connectivity index (χ1) is 13.7. The quantitative estimate of drug-likeness (QED) is 0.299. The fraction of sp³-hybridized carbons (Fsp3) is 0.824. The summed E-state index contributed by atoms with van der Waals surface area (Å²) in [7, 11) is 0. The van der Waals surface area contributed by atoms with Crippen molar-refractivity contribution in [3.63, 3.8) is 0 Å². The SMILES string of the molecule is CC(O)CN1CCN(CC(=O)O)CCN(CC(=O)O)CCN(CC(=O)ON)CC1. The lowest BCUT2D eigenvalue weighted by Crippen LogP contribution is -2.49. The van der Waals surface area contributed by atoms with Gasteiger partial charge in [-0.3, -0.25) is 29.2 Å². The summed E-state index contributed by atoms with van der Waals surface area (Å²) in [6.07, 6.45) is -0.552. The van der Waals surface area contributed by atoms with Gasteiger partial charge in [-0.2, -0.15) is 5.90 Å². The van der Waals surface area contributed by atoms with E-state index in [4.69, 9.17) is 16.1 Å². The highest BCUT2D eigenvalue weighted by Crippen LogP contribution is 2.02. The number of hydrogen-bond acceptors (Lipinski definition) is 10. The topological polar surface area (TPSA) is 160 Å². The van der Waals surface area contributed by atoms with Gasteiger partial charge in [-0.1, -0.05) is 0 Å². The van der Waals surface area contributed by atoms with Crippen LogP contribution in [0.5, 0.6) is 0 Å². The van der Waals surface area contributed by atoms with Crippen molar-refractivity contribution in [1.29, 1.82) is 0 Å². The maximum absolute atomic E-state index is 11.6. The van der Waals surface area contributed by atoms with Crippen LogP contribution in [0.4, 0.5) is 0 Å². The van der Waals surface area contributed by atoms with Crippen LogP contribution in [0.15, 0.2) is 0 Å². The van der Waals surface area contributed by atoms with Gasteiger partial charge >= 0.3 is 17.9 Å². The van der Waals surface area contributed by atoms with E-state index in [1.165, 1.54) is 0 Å². The molecule has 29 heavy (non-hydrogen) atoms. The number of hydrogen-bond donors (Lipinski definition) is 4. The van der Waals surface area contributed by atoms with Crippen molar-refractivity contribution in [2.24, 2.45) is 5.90 Å². The molecule has 12 heteroatoms. The number of aliphatic hydroxyl groups excluding tert-OH is 1. The highest BCUT2D eigenvalue weighted by molar-refractivity contribution is 5.71. The fourth-order valence-corrected chi connectivity index (χ4v) is 3.21. The number of nitrogens with zero attached hydrogens (tertiary/aromatic N) is 4. The smallest absolute Gasteiger partial charge is 0.338 e. The highest BCUT2D eigenvalue weighted by atomic mass is 16.7. The predicted molar refractivity (Wildman–Crippen MR) is 103 cm³/mol. The molecule has 12 nitrogen and oxygen atoms in total. The van der Waals surface area contributed by atoms with Crippen LogP contribution in [0.2, 0.25) is 0 Å². The van der Waals surface area contributed by atoms with E-state index in [9.17, 15) is 19.5 Å². The van der Waals surface area contributed by atoms with Gasteiger partial charge in [0.25, 0.3) is 0 Å². The van der Waals surface area contributed by atoms with Crippen molar-refractivity contribution in [3.8, 4) is 0 Å². The number of β-amino-alcohol motifs (C(OH)–C–C–N with tert-alkyl or cyclic N) is 1. The van der Waals surface area contributed by atoms with Gasteiger partial charge in [0.2, 0.25) is 0 Å². The van der Waals surface area contributed by atoms with Crippen molar-refractivity contribution in [1.82, 2.24) is 19.6 Å². The van der Waals surface area contributed by atoms with Crippen molar-refractivity contribution >= 4 is 17.9 Å². The number of aliphatic hydroxyl groups is 1. The molecule has 5 N–H and O–H groups in total. The molecule has 0 aromatic carbocycles. The average molecular weight is 419 g/mol. The Balaban J connectivity index is 2.91. The van der Waals surface area contributed by atoms with Gasteiger partial charge in [-0.15, -0.1) is 0 Å². The van der Waals surface area contributed by atoms with Gasteiger partial charge in [-0.05, 0) is 6.92 Å². The zero-order chi connectivity index (χ0) is 21.8. The van der Waals surface area contributed by atoms with E-state index in [-0.39, 0.29) is 19.6 Å². The minimum absolute atomic E-state index is 0.0227. The second-order valence-electron chi connectivity index (χ2n) is 7.26. The fourth-order valence-electron chi connectivity index (χ4n) is 3.21. The molecule has 168 valence electrons. The van der Waals surface area contributed by atoms with Crippen LogP contribution in [-0.2, 0) is 19.2 Å². The van der Waals surface area contributed by atoms with E-state index in [2.05, 4.69) is 4.84 Å². The zero-order valence-corrected chi connectivity index (χ0v) is 16.9. The predicted octanol–water partition coefficient (Wildman–Crippen LogP) is -2.83. The lowest BCUT2D eigenvalue weighted by Gasteiger charge is -2.33. The molecule has 0 radical (unpaired) electrons. The van der Waals surface area contributed by atoms with E-state index < -0.39 is 24.0 Å². The van der Waals surface area contributed by atoms with Crippen molar-refractivity contribution < 1.29 is 34.5 Å². The number of nitrogens with two attached hydrogens (primary N) is 1. The highest BCUT2D eigenvalue weighted by Gasteiger charge is 2.20. The third kappa shape index (κ3) is 11.7. The van der Waals surface area contributed by atoms with Crippen LogP contribution in [0, 0.1) is 0 Å². The van der Waals surface area contributed by atoms with E-state index in [0.29, 0.717) is 58.9 Å². The molecule has 0 spiro atoms. The first-order valence-electron chi connectivity index (χ1n) is 9.60. The molecular formula is C17H33N5O7. The lowest BCUT2D eigenvalue weighted by molar-refractivity contribution is -0.146. The van der Waals surface area contributed by atoms with Gasteiger partial charge < -0.3 is 20.2 Å². The van der Waals surface area contributed by atoms with E-state index in [1.807, 2.05) is 9.80 Å². The largest absolute Gasteiger partial charge is 0.480 e. The molecule has 1 saturated heterocycles. The Kier molecular flexibility index (Phi) is 11.7. The number of carboxylic acid groups (broad SMARTS) is 2. The van der Waals surface area contributed by atoms with Gasteiger partial charge in [0, 0.05) is 58.9 Å². The molecule has 1 fully saturated rings. The number of carbonyl (C=O) groups is 3. The third-order valence-electron chi connectivity index (χ3n) is 4.65. The van der Waals surface area contributed by atoms with Crippen LogP contribution in [0.25, 0.3) is 0 Å². The van der Waals surface area contributed by atoms with E-state index in [1.54, 1.807) is 16.7 Å². The maximum Gasteiger partial charge on any atom is 0.338 e. The summed E-state index contributed by atoms with van der Waals surface area (Å²) in [6.45, 7) is 5.37. The summed E-state index contributed by atoms with van der Waals surface area (Å²) in [5, 5.41) is 28.1. The minimum atomic E-state index is -0.974. The Labute approximate surface area is 170 Å². The molecular weight excluding hydrogens is 386 g/mol. The maximum atomic E-state index is 11.6. The second-order valence-corrected chi connectivity index (χ2v) is 7.26. The number of carboxylic acids is 2. The molecule has 1 unspecified atom stereocenters. The molecule has 1 heterocycles. The van der Waals surface area contributed by atoms with Crippen LogP contribution < -0.4 is 5.90 Å². The van der Waals surface area contributed by atoms with Crippen molar-refractivity contribution in [3.05, 3.63) is 0 Å². The Bertz CT molecular complexity index is 534. The molecule has 1 rings (SSSR count). The normalized spacial score (nSPS) is 20.4. The Morgan fingerprint density at radius 1 is 0.793 bits per heavy atom. The standard InChI is InChI=1S/C17H33N5O7/c1-14(23)10-19-2-4-20(11-15(24)25)5-6-21(12-16(26)27)7-9-22(8-3-19)13-17(28)29-18/h14,23H,2-13,18H2,1H3,(H,24,25)(H,26,27). The van der Waals surface area contributed by atoms with Crippen LogP contribution >= 0.6 is 0 Å². The Morgan fingerprint density at radius 3 is 1.45 bits per heavy atom. The summed E-state index contributed by atoms with van der Waals surface area (Å²) < 4.78 is 0. The monoisotopic (exact) mass is 419 g/mol. The molecule has 0 aliphatic carbocycles. The van der Waals surface area contributed by atoms with Crippen LogP contribution in [-0.4, -0.2) is 137 Å². The summed E-state index contributed by atoms with van der Waals surface area (Å²) >= 11 is 0. The van der Waals surface area contributed by atoms with Crippen molar-refractivity contribution in [2.75, 3.05) is 78.5 Å². The Hall–Kier alpha value is -1.83. The number of aliphatic carboxylic acids is 2. The third-order valence-corrected chi connectivity index (χ3v) is 4.65. The summed E-state index contributed by atoms with van der Waals surface area (Å²) in [6, 6.07) is 0. The molecule has 0 aromatic heterocycles. The molecule has 1 aliphatic rings. The minimum Gasteiger partial charge on any atom is -0.480 e. The summed E-state index contributed by atoms with van der Waals surface area (Å²) in [5.74, 6) is 2.43. The lowest BCUT2D eigenvalue weighted by atomic mass is 10.3. The molecule has 0 saturated carbocycles. The molecule has 0 amide bonds. The summed E-state index contributed by atoms with van der Waals surface area (Å²) in [5.41, 5.74) is 0. The number of carbonyl (C=O) groups excluding carboxylic acids is 1. The van der Waals surface area contributed by atoms with Gasteiger partial charge in [-0.25, -0.2) is 4.79 Å².